The molecule has 1 atom stereocenters. The first-order valence-corrected chi connectivity index (χ1v) is 7.19. The van der Waals surface area contributed by atoms with Crippen LogP contribution in [0.2, 0.25) is 0 Å². The zero-order chi connectivity index (χ0) is 12.1. The van der Waals surface area contributed by atoms with Gasteiger partial charge in [-0.1, -0.05) is 29.3 Å². The number of nitrogens with zero attached hydrogens (tertiary/aromatic N) is 3. The van der Waals surface area contributed by atoms with Crippen LogP contribution in [-0.2, 0) is 11.2 Å². The van der Waals surface area contributed by atoms with Crippen molar-refractivity contribution < 1.29 is 4.74 Å². The number of morpholine rings is 1. The zero-order valence-corrected chi connectivity index (χ0v) is 11.7. The molecule has 1 fully saturated rings. The van der Waals surface area contributed by atoms with Gasteiger partial charge in [0.2, 0.25) is 0 Å². The fraction of sp³-hybridized carbons (Fsp3) is 0.667. The van der Waals surface area contributed by atoms with E-state index in [0.29, 0.717) is 0 Å². The van der Waals surface area contributed by atoms with Crippen molar-refractivity contribution in [2.24, 2.45) is 0 Å². The number of alkyl halides is 1. The van der Waals surface area contributed by atoms with Crippen LogP contribution < -0.4 is 4.90 Å². The summed E-state index contributed by atoms with van der Waals surface area (Å²) in [6, 6.07) is 2.10. The number of hydrogen-bond acceptors (Lipinski definition) is 4. The topological polar surface area (TPSA) is 38.2 Å². The molecule has 1 saturated heterocycles. The van der Waals surface area contributed by atoms with E-state index in [1.807, 2.05) is 0 Å². The molecule has 2 rings (SSSR count). The van der Waals surface area contributed by atoms with Gasteiger partial charge in [0, 0.05) is 30.2 Å². The van der Waals surface area contributed by atoms with Crippen molar-refractivity contribution in [1.29, 1.82) is 0 Å². The predicted octanol–water partition coefficient (Wildman–Crippen LogP) is 2.03. The summed E-state index contributed by atoms with van der Waals surface area (Å²) in [4.78, 5) is 10.9. The molecule has 0 bridgehead atoms. The lowest BCUT2D eigenvalue weighted by Crippen LogP contribution is -2.43. The van der Waals surface area contributed by atoms with Gasteiger partial charge in [-0.3, -0.25) is 0 Å². The smallest absolute Gasteiger partial charge is 0.132 e. The molecular formula is C12H18BrN3O. The van der Waals surface area contributed by atoms with Crippen molar-refractivity contribution in [1.82, 2.24) is 9.97 Å². The van der Waals surface area contributed by atoms with Gasteiger partial charge >= 0.3 is 0 Å². The summed E-state index contributed by atoms with van der Waals surface area (Å²) in [5.41, 5.74) is 1.12. The summed E-state index contributed by atoms with van der Waals surface area (Å²) >= 11 is 3.47. The molecule has 17 heavy (non-hydrogen) atoms. The third kappa shape index (κ3) is 3.39. The number of halogens is 1. The Kier molecular flexibility index (Phi) is 4.74. The van der Waals surface area contributed by atoms with Gasteiger partial charge in [0.25, 0.3) is 0 Å². The largest absolute Gasteiger partial charge is 0.374 e. The molecule has 94 valence electrons. The van der Waals surface area contributed by atoms with Crippen LogP contribution in [0.4, 0.5) is 5.82 Å². The Morgan fingerprint density at radius 1 is 1.53 bits per heavy atom. The highest BCUT2D eigenvalue weighted by Gasteiger charge is 2.20. The lowest BCUT2D eigenvalue weighted by atomic mass is 10.2. The minimum absolute atomic E-state index is 0.258. The predicted molar refractivity (Wildman–Crippen MR) is 71.8 cm³/mol. The summed E-state index contributed by atoms with van der Waals surface area (Å²) in [6.45, 7) is 4.74. The molecule has 1 aromatic rings. The summed E-state index contributed by atoms with van der Waals surface area (Å²) in [7, 11) is 0. The number of aryl methyl sites for hydroxylation is 1. The van der Waals surface area contributed by atoms with Crippen LogP contribution in [0, 0.1) is 0 Å². The maximum absolute atomic E-state index is 5.62. The Labute approximate surface area is 111 Å². The molecule has 1 aromatic heterocycles. The van der Waals surface area contributed by atoms with E-state index in [-0.39, 0.29) is 6.10 Å². The highest BCUT2D eigenvalue weighted by Crippen LogP contribution is 2.16. The number of ether oxygens (including phenoxy) is 1. The lowest BCUT2D eigenvalue weighted by molar-refractivity contribution is 0.0568. The Hall–Kier alpha value is -0.680. The van der Waals surface area contributed by atoms with E-state index >= 15 is 0 Å². The SMILES string of the molecule is CCCc1cc(N2CCOC(CBr)C2)ncn1. The van der Waals surface area contributed by atoms with Gasteiger partial charge in [0.1, 0.15) is 12.1 Å². The highest BCUT2D eigenvalue weighted by atomic mass is 79.9. The Bertz CT molecular complexity index is 361. The van der Waals surface area contributed by atoms with Crippen molar-refractivity contribution in [2.45, 2.75) is 25.9 Å². The Morgan fingerprint density at radius 2 is 2.41 bits per heavy atom. The lowest BCUT2D eigenvalue weighted by Gasteiger charge is -2.32. The van der Waals surface area contributed by atoms with Crippen LogP contribution in [0.15, 0.2) is 12.4 Å². The molecule has 0 amide bonds. The van der Waals surface area contributed by atoms with Gasteiger partial charge in [-0.15, -0.1) is 0 Å². The molecule has 5 heteroatoms. The first-order valence-electron chi connectivity index (χ1n) is 6.07. The van der Waals surface area contributed by atoms with E-state index in [0.717, 1.165) is 49.4 Å². The number of anilines is 1. The van der Waals surface area contributed by atoms with Gasteiger partial charge in [0.15, 0.2) is 0 Å². The van der Waals surface area contributed by atoms with Gasteiger partial charge in [-0.05, 0) is 6.42 Å². The molecule has 1 unspecified atom stereocenters. The average molecular weight is 300 g/mol. The van der Waals surface area contributed by atoms with E-state index in [4.69, 9.17) is 4.74 Å². The van der Waals surface area contributed by atoms with Crippen molar-refractivity contribution in [3.63, 3.8) is 0 Å². The molecule has 2 heterocycles. The van der Waals surface area contributed by atoms with Gasteiger partial charge < -0.3 is 9.64 Å². The maximum atomic E-state index is 5.62. The summed E-state index contributed by atoms with van der Waals surface area (Å²) in [5.74, 6) is 1.03. The fourth-order valence-corrected chi connectivity index (χ4v) is 2.36. The molecule has 4 nitrogen and oxygen atoms in total. The van der Waals surface area contributed by atoms with E-state index < -0.39 is 0 Å². The molecule has 0 aromatic carbocycles. The first-order chi connectivity index (χ1) is 8.33. The molecular weight excluding hydrogens is 282 g/mol. The van der Waals surface area contributed by atoms with Crippen molar-refractivity contribution in [3.8, 4) is 0 Å². The minimum Gasteiger partial charge on any atom is -0.374 e. The summed E-state index contributed by atoms with van der Waals surface area (Å²) in [5, 5.41) is 0.871. The second-order valence-electron chi connectivity index (χ2n) is 4.21. The number of rotatable bonds is 4. The molecule has 0 saturated carbocycles. The molecule has 1 aliphatic rings. The van der Waals surface area contributed by atoms with E-state index in [2.05, 4.69) is 43.8 Å². The van der Waals surface area contributed by atoms with Gasteiger partial charge in [-0.2, -0.15) is 0 Å². The zero-order valence-electron chi connectivity index (χ0n) is 10.1. The van der Waals surface area contributed by atoms with Crippen LogP contribution in [0.25, 0.3) is 0 Å². The first kappa shape index (κ1) is 12.8. The van der Waals surface area contributed by atoms with Crippen molar-refractivity contribution in [2.75, 3.05) is 29.9 Å². The number of aromatic nitrogens is 2. The monoisotopic (exact) mass is 299 g/mol. The van der Waals surface area contributed by atoms with Crippen LogP contribution >= 0.6 is 15.9 Å². The normalized spacial score (nSPS) is 20.6. The third-order valence-electron chi connectivity index (χ3n) is 2.85. The Morgan fingerprint density at radius 3 is 3.18 bits per heavy atom. The quantitative estimate of drug-likeness (QED) is 0.798. The molecule has 0 aliphatic carbocycles. The summed E-state index contributed by atoms with van der Waals surface area (Å²) in [6.07, 6.45) is 4.05. The second-order valence-corrected chi connectivity index (χ2v) is 4.86. The molecule has 1 aliphatic heterocycles. The van der Waals surface area contributed by atoms with E-state index in [1.54, 1.807) is 6.33 Å². The second kappa shape index (κ2) is 6.31. The molecule has 0 spiro atoms. The van der Waals surface area contributed by atoms with Crippen LogP contribution in [0.5, 0.6) is 0 Å². The molecule has 0 radical (unpaired) electrons. The van der Waals surface area contributed by atoms with Gasteiger partial charge in [-0.25, -0.2) is 9.97 Å². The Balaban J connectivity index is 2.07. The van der Waals surface area contributed by atoms with Crippen molar-refractivity contribution in [3.05, 3.63) is 18.1 Å². The number of hydrogen-bond donors (Lipinski definition) is 0. The fourth-order valence-electron chi connectivity index (χ4n) is 1.97. The summed E-state index contributed by atoms with van der Waals surface area (Å²) < 4.78 is 5.62. The van der Waals surface area contributed by atoms with Crippen molar-refractivity contribution >= 4 is 21.7 Å². The van der Waals surface area contributed by atoms with Crippen LogP contribution in [-0.4, -0.2) is 41.1 Å². The highest BCUT2D eigenvalue weighted by molar-refractivity contribution is 9.09. The molecule has 0 N–H and O–H groups in total. The average Bonchev–Trinajstić information content (AvgIpc) is 2.40. The third-order valence-corrected chi connectivity index (χ3v) is 3.57. The standard InChI is InChI=1S/C12H18BrN3O/c1-2-3-10-6-12(15-9-14-10)16-4-5-17-11(7-13)8-16/h6,9,11H,2-5,7-8H2,1H3. The minimum atomic E-state index is 0.258. The van der Waals surface area contributed by atoms with E-state index in [9.17, 15) is 0 Å². The van der Waals surface area contributed by atoms with Gasteiger partial charge in [0.05, 0.1) is 12.7 Å². The van der Waals surface area contributed by atoms with Crippen LogP contribution in [0.3, 0.4) is 0 Å². The maximum Gasteiger partial charge on any atom is 0.132 e. The van der Waals surface area contributed by atoms with E-state index in [1.165, 1.54) is 0 Å². The van der Waals surface area contributed by atoms with Crippen LogP contribution in [0.1, 0.15) is 19.0 Å².